The summed E-state index contributed by atoms with van der Waals surface area (Å²) < 4.78 is 5.88. The van der Waals surface area contributed by atoms with Crippen molar-refractivity contribution in [3.05, 3.63) is 60.2 Å². The molecule has 122 valence electrons. The Hall–Kier alpha value is -2.00. The van der Waals surface area contributed by atoms with Crippen LogP contribution in [0, 0.1) is 6.92 Å². The second kappa shape index (κ2) is 8.02. The van der Waals surface area contributed by atoms with E-state index in [1.54, 1.807) is 0 Å². The molecular weight excluding hydrogens is 284 g/mol. The van der Waals surface area contributed by atoms with Crippen LogP contribution in [0.3, 0.4) is 0 Å². The largest absolute Gasteiger partial charge is 0.493 e. The van der Waals surface area contributed by atoms with Crippen molar-refractivity contribution in [3.63, 3.8) is 0 Å². The van der Waals surface area contributed by atoms with Crippen molar-refractivity contribution in [2.45, 2.75) is 25.8 Å². The van der Waals surface area contributed by atoms with E-state index in [2.05, 4.69) is 53.5 Å². The fourth-order valence-electron chi connectivity index (χ4n) is 3.11. The Morgan fingerprint density at radius 1 is 1.09 bits per heavy atom. The average molecular weight is 310 g/mol. The van der Waals surface area contributed by atoms with Crippen LogP contribution in [0.4, 0.5) is 5.69 Å². The number of aryl methyl sites for hydroxylation is 1. The lowest BCUT2D eigenvalue weighted by molar-refractivity contribution is 0.261. The number of rotatable bonds is 7. The second-order valence-corrected chi connectivity index (χ2v) is 6.26. The Kier molecular flexibility index (Phi) is 5.54. The summed E-state index contributed by atoms with van der Waals surface area (Å²) in [5.41, 5.74) is 2.43. The zero-order valence-corrected chi connectivity index (χ0v) is 13.9. The molecule has 2 aromatic carbocycles. The van der Waals surface area contributed by atoms with Crippen LogP contribution in [0.2, 0.25) is 0 Å². The first kappa shape index (κ1) is 15.9. The smallest absolute Gasteiger partial charge is 0.122 e. The zero-order valence-electron chi connectivity index (χ0n) is 13.9. The number of benzene rings is 2. The van der Waals surface area contributed by atoms with Gasteiger partial charge in [0.15, 0.2) is 0 Å². The minimum absolute atomic E-state index is 0.565. The van der Waals surface area contributed by atoms with Crippen molar-refractivity contribution >= 4 is 5.69 Å². The maximum atomic E-state index is 5.88. The minimum atomic E-state index is 0.565. The number of para-hydroxylation sites is 2. The zero-order chi connectivity index (χ0) is 15.9. The molecule has 1 fully saturated rings. The quantitative estimate of drug-likeness (QED) is 0.784. The molecule has 1 aliphatic rings. The van der Waals surface area contributed by atoms with E-state index >= 15 is 0 Å². The van der Waals surface area contributed by atoms with Crippen molar-refractivity contribution in [3.8, 4) is 5.75 Å². The molecule has 0 aliphatic carbocycles. The molecule has 3 rings (SSSR count). The van der Waals surface area contributed by atoms with Crippen molar-refractivity contribution in [2.75, 3.05) is 31.6 Å². The molecular formula is C20H26N2O. The van der Waals surface area contributed by atoms with Gasteiger partial charge in [-0.2, -0.15) is 0 Å². The summed E-state index contributed by atoms with van der Waals surface area (Å²) in [5, 5.41) is 3.62. The van der Waals surface area contributed by atoms with Gasteiger partial charge in [-0.3, -0.25) is 0 Å². The van der Waals surface area contributed by atoms with Crippen LogP contribution in [0.25, 0.3) is 0 Å². The van der Waals surface area contributed by atoms with Crippen LogP contribution in [0.15, 0.2) is 54.6 Å². The number of hydrogen-bond acceptors (Lipinski definition) is 3. The predicted molar refractivity (Wildman–Crippen MR) is 96.2 cm³/mol. The number of anilines is 1. The molecule has 1 aliphatic heterocycles. The van der Waals surface area contributed by atoms with Crippen LogP contribution in [-0.4, -0.2) is 37.2 Å². The van der Waals surface area contributed by atoms with Crippen LogP contribution >= 0.6 is 0 Å². The SMILES string of the molecule is Cc1ccccc1OCCCN1CCC(Nc2ccccc2)C1. The third-order valence-corrected chi connectivity index (χ3v) is 4.39. The number of likely N-dealkylation sites (tertiary alicyclic amines) is 1. The predicted octanol–water partition coefficient (Wildman–Crippen LogP) is 3.95. The molecule has 0 amide bonds. The van der Waals surface area contributed by atoms with E-state index in [0.717, 1.165) is 31.9 Å². The summed E-state index contributed by atoms with van der Waals surface area (Å²) in [4.78, 5) is 2.53. The standard InChI is InChI=1S/C20H26N2O/c1-17-8-5-6-11-20(17)23-15-7-13-22-14-12-19(16-22)21-18-9-3-2-4-10-18/h2-6,8-11,19,21H,7,12-16H2,1H3. The van der Waals surface area contributed by atoms with Crippen molar-refractivity contribution < 1.29 is 4.74 Å². The van der Waals surface area contributed by atoms with Gasteiger partial charge in [0.1, 0.15) is 5.75 Å². The molecule has 0 bridgehead atoms. The molecule has 0 saturated carbocycles. The third-order valence-electron chi connectivity index (χ3n) is 4.39. The van der Waals surface area contributed by atoms with Gasteiger partial charge in [-0.1, -0.05) is 36.4 Å². The molecule has 3 nitrogen and oxygen atoms in total. The summed E-state index contributed by atoms with van der Waals surface area (Å²) in [6, 6.07) is 19.3. The highest BCUT2D eigenvalue weighted by molar-refractivity contribution is 5.43. The Bertz CT molecular complexity index is 600. The molecule has 1 N–H and O–H groups in total. The van der Waals surface area contributed by atoms with Crippen LogP contribution in [0.1, 0.15) is 18.4 Å². The highest BCUT2D eigenvalue weighted by Crippen LogP contribution is 2.18. The van der Waals surface area contributed by atoms with E-state index in [9.17, 15) is 0 Å². The topological polar surface area (TPSA) is 24.5 Å². The lowest BCUT2D eigenvalue weighted by Gasteiger charge is -2.17. The van der Waals surface area contributed by atoms with Gasteiger partial charge in [0.2, 0.25) is 0 Å². The van der Waals surface area contributed by atoms with Gasteiger partial charge in [-0.25, -0.2) is 0 Å². The number of hydrogen-bond donors (Lipinski definition) is 1. The fraction of sp³-hybridized carbons (Fsp3) is 0.400. The average Bonchev–Trinajstić information content (AvgIpc) is 3.01. The van der Waals surface area contributed by atoms with Gasteiger partial charge in [0.25, 0.3) is 0 Å². The van der Waals surface area contributed by atoms with Gasteiger partial charge in [0.05, 0.1) is 6.61 Å². The van der Waals surface area contributed by atoms with E-state index in [1.807, 2.05) is 18.2 Å². The molecule has 2 aromatic rings. The summed E-state index contributed by atoms with van der Waals surface area (Å²) in [6.45, 7) is 6.29. The van der Waals surface area contributed by atoms with Crippen LogP contribution < -0.4 is 10.1 Å². The van der Waals surface area contributed by atoms with E-state index < -0.39 is 0 Å². The van der Waals surface area contributed by atoms with Gasteiger partial charge < -0.3 is 15.0 Å². The molecule has 1 atom stereocenters. The molecule has 0 spiro atoms. The van der Waals surface area contributed by atoms with Gasteiger partial charge >= 0.3 is 0 Å². The second-order valence-electron chi connectivity index (χ2n) is 6.26. The van der Waals surface area contributed by atoms with E-state index in [4.69, 9.17) is 4.74 Å². The first-order valence-corrected chi connectivity index (χ1v) is 8.53. The fourth-order valence-corrected chi connectivity index (χ4v) is 3.11. The van der Waals surface area contributed by atoms with Crippen molar-refractivity contribution in [1.29, 1.82) is 0 Å². The highest BCUT2D eigenvalue weighted by atomic mass is 16.5. The van der Waals surface area contributed by atoms with E-state index in [1.165, 1.54) is 24.2 Å². The summed E-state index contributed by atoms with van der Waals surface area (Å²) in [5.74, 6) is 1.01. The Morgan fingerprint density at radius 2 is 1.87 bits per heavy atom. The highest BCUT2D eigenvalue weighted by Gasteiger charge is 2.21. The number of ether oxygens (including phenoxy) is 1. The normalized spacial score (nSPS) is 18.0. The molecule has 1 saturated heterocycles. The Labute approximate surface area is 139 Å². The number of nitrogens with zero attached hydrogens (tertiary/aromatic N) is 1. The van der Waals surface area contributed by atoms with E-state index in [-0.39, 0.29) is 0 Å². The van der Waals surface area contributed by atoms with Crippen LogP contribution in [-0.2, 0) is 0 Å². The maximum Gasteiger partial charge on any atom is 0.122 e. The third kappa shape index (κ3) is 4.73. The Balaban J connectivity index is 1.35. The lowest BCUT2D eigenvalue weighted by Crippen LogP contribution is -2.27. The summed E-state index contributed by atoms with van der Waals surface area (Å²) in [7, 11) is 0. The van der Waals surface area contributed by atoms with Gasteiger partial charge in [-0.05, 0) is 43.5 Å². The monoisotopic (exact) mass is 310 g/mol. The molecule has 23 heavy (non-hydrogen) atoms. The summed E-state index contributed by atoms with van der Waals surface area (Å²) in [6.07, 6.45) is 2.29. The first-order chi connectivity index (χ1) is 11.3. The number of nitrogens with one attached hydrogen (secondary N) is 1. The first-order valence-electron chi connectivity index (χ1n) is 8.53. The Morgan fingerprint density at radius 3 is 2.70 bits per heavy atom. The molecule has 1 unspecified atom stereocenters. The molecule has 1 heterocycles. The van der Waals surface area contributed by atoms with Crippen molar-refractivity contribution in [1.82, 2.24) is 4.90 Å². The van der Waals surface area contributed by atoms with Gasteiger partial charge in [-0.15, -0.1) is 0 Å². The lowest BCUT2D eigenvalue weighted by atomic mass is 10.2. The minimum Gasteiger partial charge on any atom is -0.493 e. The maximum absolute atomic E-state index is 5.88. The molecule has 0 radical (unpaired) electrons. The van der Waals surface area contributed by atoms with Crippen LogP contribution in [0.5, 0.6) is 5.75 Å². The molecule has 3 heteroatoms. The van der Waals surface area contributed by atoms with Gasteiger partial charge in [0, 0.05) is 31.4 Å². The summed E-state index contributed by atoms with van der Waals surface area (Å²) >= 11 is 0. The molecule has 0 aromatic heterocycles. The van der Waals surface area contributed by atoms with E-state index in [0.29, 0.717) is 6.04 Å². The van der Waals surface area contributed by atoms with Crippen molar-refractivity contribution in [2.24, 2.45) is 0 Å².